The summed E-state index contributed by atoms with van der Waals surface area (Å²) in [6.45, 7) is 0.135. The fourth-order valence-electron chi connectivity index (χ4n) is 3.08. The zero-order valence-electron chi connectivity index (χ0n) is 15.9. The Morgan fingerprint density at radius 1 is 1.14 bits per heavy atom. The number of nitrogens with one attached hydrogen (secondary N) is 2. The molecule has 0 aliphatic carbocycles. The van der Waals surface area contributed by atoms with Crippen molar-refractivity contribution in [3.05, 3.63) is 74.1 Å². The summed E-state index contributed by atoms with van der Waals surface area (Å²) in [4.78, 5) is 38.0. The van der Waals surface area contributed by atoms with Crippen LogP contribution in [0.4, 0.5) is 5.69 Å². The molecular formula is C20H19N3O6. The van der Waals surface area contributed by atoms with Gasteiger partial charge in [0.1, 0.15) is 0 Å². The quantitative estimate of drug-likeness (QED) is 0.466. The number of aromatic amines is 1. The molecule has 2 N–H and O–H groups in total. The molecule has 0 fully saturated rings. The number of amides is 1. The summed E-state index contributed by atoms with van der Waals surface area (Å²) >= 11 is 0. The number of nitrogens with zero attached hydrogens (tertiary/aromatic N) is 1. The van der Waals surface area contributed by atoms with Crippen molar-refractivity contribution in [2.24, 2.45) is 0 Å². The molecule has 9 nitrogen and oxygen atoms in total. The van der Waals surface area contributed by atoms with Gasteiger partial charge in [0.05, 0.1) is 30.8 Å². The van der Waals surface area contributed by atoms with E-state index in [9.17, 15) is 19.7 Å². The van der Waals surface area contributed by atoms with Crippen LogP contribution in [0.2, 0.25) is 0 Å². The molecule has 0 unspecified atom stereocenters. The Balaban J connectivity index is 1.81. The number of aromatic nitrogens is 1. The van der Waals surface area contributed by atoms with Gasteiger partial charge in [-0.2, -0.15) is 0 Å². The first kappa shape index (κ1) is 19.9. The topological polar surface area (TPSA) is 124 Å². The Kier molecular flexibility index (Phi) is 5.77. The fraction of sp³-hybridized carbons (Fsp3) is 0.200. The normalized spacial score (nSPS) is 10.6. The number of benzene rings is 2. The van der Waals surface area contributed by atoms with E-state index in [1.807, 2.05) is 0 Å². The van der Waals surface area contributed by atoms with Crippen LogP contribution < -0.4 is 20.3 Å². The lowest BCUT2D eigenvalue weighted by atomic mass is 10.1. The summed E-state index contributed by atoms with van der Waals surface area (Å²) in [7, 11) is 2.83. The number of rotatable bonds is 7. The summed E-state index contributed by atoms with van der Waals surface area (Å²) in [5.41, 5.74) is 0.679. The molecule has 0 saturated heterocycles. The van der Waals surface area contributed by atoms with E-state index in [0.29, 0.717) is 22.2 Å². The van der Waals surface area contributed by atoms with Gasteiger partial charge in [-0.1, -0.05) is 18.2 Å². The van der Waals surface area contributed by atoms with Crippen LogP contribution in [0.1, 0.15) is 15.9 Å². The first-order valence-corrected chi connectivity index (χ1v) is 8.74. The number of carbonyl (C=O) groups excluding carboxylic acids is 1. The standard InChI is InChI=1S/C20H19N3O6/c1-28-17-9-12(16(23(26)27)11-18(17)29-2)7-8-21-20(25)14-10-19(24)22-15-6-4-3-5-13(14)15/h3-6,9-11H,7-8H2,1-2H3,(H,21,25)(H,22,24). The molecule has 3 aromatic rings. The van der Waals surface area contributed by atoms with Gasteiger partial charge in [0.25, 0.3) is 11.6 Å². The average Bonchev–Trinajstić information content (AvgIpc) is 2.72. The van der Waals surface area contributed by atoms with Crippen LogP contribution in [0.25, 0.3) is 10.9 Å². The van der Waals surface area contributed by atoms with Gasteiger partial charge in [-0.05, 0) is 18.6 Å². The van der Waals surface area contributed by atoms with Crippen molar-refractivity contribution in [2.75, 3.05) is 20.8 Å². The molecule has 150 valence electrons. The third-order valence-electron chi connectivity index (χ3n) is 4.46. The lowest BCUT2D eigenvalue weighted by molar-refractivity contribution is -0.385. The van der Waals surface area contributed by atoms with Crippen LogP contribution in [0, 0.1) is 10.1 Å². The predicted molar refractivity (Wildman–Crippen MR) is 107 cm³/mol. The Morgan fingerprint density at radius 3 is 2.52 bits per heavy atom. The SMILES string of the molecule is COc1cc(CCNC(=O)c2cc(=O)[nH]c3ccccc23)c([N+](=O)[O-])cc1OC. The van der Waals surface area contributed by atoms with E-state index in [0.717, 1.165) is 0 Å². The van der Waals surface area contributed by atoms with Crippen LogP contribution in [0.15, 0.2) is 47.3 Å². The van der Waals surface area contributed by atoms with Gasteiger partial charge >= 0.3 is 0 Å². The molecule has 29 heavy (non-hydrogen) atoms. The van der Waals surface area contributed by atoms with Crippen LogP contribution in [0.5, 0.6) is 11.5 Å². The van der Waals surface area contributed by atoms with E-state index < -0.39 is 10.8 Å². The van der Waals surface area contributed by atoms with Gasteiger partial charge in [-0.15, -0.1) is 0 Å². The molecule has 0 aliphatic rings. The number of nitro benzene ring substituents is 1. The summed E-state index contributed by atoms with van der Waals surface area (Å²) in [5.74, 6) is 0.178. The van der Waals surface area contributed by atoms with E-state index >= 15 is 0 Å². The number of ether oxygens (including phenoxy) is 2. The minimum absolute atomic E-state index is 0.126. The number of H-pyrrole nitrogens is 1. The van der Waals surface area contributed by atoms with Gasteiger partial charge in [0, 0.05) is 29.1 Å². The number of nitro groups is 1. The highest BCUT2D eigenvalue weighted by Crippen LogP contribution is 2.34. The zero-order valence-corrected chi connectivity index (χ0v) is 15.9. The maximum atomic E-state index is 12.6. The van der Waals surface area contributed by atoms with Crippen molar-refractivity contribution < 1.29 is 19.2 Å². The van der Waals surface area contributed by atoms with E-state index in [4.69, 9.17) is 9.47 Å². The molecule has 0 saturated carbocycles. The molecule has 2 aromatic carbocycles. The van der Waals surface area contributed by atoms with Gasteiger partial charge in [-0.25, -0.2) is 0 Å². The highest BCUT2D eigenvalue weighted by molar-refractivity contribution is 6.05. The molecule has 1 aromatic heterocycles. The number of carbonyl (C=O) groups is 1. The number of methoxy groups -OCH3 is 2. The van der Waals surface area contributed by atoms with Crippen molar-refractivity contribution in [2.45, 2.75) is 6.42 Å². The van der Waals surface area contributed by atoms with E-state index in [2.05, 4.69) is 10.3 Å². The fourth-order valence-corrected chi connectivity index (χ4v) is 3.08. The third kappa shape index (κ3) is 4.18. The number of fused-ring (bicyclic) bond motifs is 1. The smallest absolute Gasteiger partial charge is 0.276 e. The number of pyridine rings is 1. The molecule has 1 heterocycles. The molecule has 3 rings (SSSR count). The number of para-hydroxylation sites is 1. The summed E-state index contributed by atoms with van der Waals surface area (Å²) in [5, 5.41) is 14.7. The zero-order chi connectivity index (χ0) is 21.0. The highest BCUT2D eigenvalue weighted by atomic mass is 16.6. The van der Waals surface area contributed by atoms with Gasteiger partial charge in [-0.3, -0.25) is 19.7 Å². The van der Waals surface area contributed by atoms with Crippen molar-refractivity contribution in [1.82, 2.24) is 10.3 Å². The van der Waals surface area contributed by atoms with E-state index in [-0.39, 0.29) is 35.5 Å². The van der Waals surface area contributed by atoms with Crippen molar-refractivity contribution in [1.29, 1.82) is 0 Å². The molecule has 9 heteroatoms. The van der Waals surface area contributed by atoms with Gasteiger partial charge in [0.15, 0.2) is 11.5 Å². The summed E-state index contributed by atoms with van der Waals surface area (Å²) < 4.78 is 10.3. The van der Waals surface area contributed by atoms with Crippen LogP contribution in [0.3, 0.4) is 0 Å². The molecule has 0 bridgehead atoms. The van der Waals surface area contributed by atoms with Gasteiger partial charge < -0.3 is 19.8 Å². The Hall–Kier alpha value is -3.88. The van der Waals surface area contributed by atoms with E-state index in [1.54, 1.807) is 24.3 Å². The minimum Gasteiger partial charge on any atom is -0.493 e. The summed E-state index contributed by atoms with van der Waals surface area (Å²) in [6, 6.07) is 11.0. The molecule has 1 amide bonds. The molecule has 0 radical (unpaired) electrons. The van der Waals surface area contributed by atoms with Crippen molar-refractivity contribution >= 4 is 22.5 Å². The van der Waals surface area contributed by atoms with E-state index in [1.165, 1.54) is 32.4 Å². The van der Waals surface area contributed by atoms with Crippen molar-refractivity contribution in [3.8, 4) is 11.5 Å². The average molecular weight is 397 g/mol. The van der Waals surface area contributed by atoms with Crippen molar-refractivity contribution in [3.63, 3.8) is 0 Å². The number of hydrogen-bond donors (Lipinski definition) is 2. The Bertz CT molecular complexity index is 1140. The third-order valence-corrected chi connectivity index (χ3v) is 4.46. The molecule has 0 spiro atoms. The minimum atomic E-state index is -0.511. The highest BCUT2D eigenvalue weighted by Gasteiger charge is 2.20. The summed E-state index contributed by atoms with van der Waals surface area (Å²) in [6.07, 6.45) is 0.198. The van der Waals surface area contributed by atoms with Crippen LogP contribution in [-0.2, 0) is 6.42 Å². The lowest BCUT2D eigenvalue weighted by Crippen LogP contribution is -2.27. The predicted octanol–water partition coefficient (Wildman–Crippen LogP) is 2.43. The van der Waals surface area contributed by atoms with Crippen LogP contribution >= 0.6 is 0 Å². The maximum absolute atomic E-state index is 12.6. The monoisotopic (exact) mass is 397 g/mol. The number of hydrogen-bond acceptors (Lipinski definition) is 6. The molecule has 0 atom stereocenters. The largest absolute Gasteiger partial charge is 0.493 e. The molecule has 0 aliphatic heterocycles. The first-order chi connectivity index (χ1) is 13.9. The Labute approximate surface area is 165 Å². The second kappa shape index (κ2) is 8.42. The second-order valence-electron chi connectivity index (χ2n) is 6.19. The maximum Gasteiger partial charge on any atom is 0.276 e. The second-order valence-corrected chi connectivity index (χ2v) is 6.19. The Morgan fingerprint density at radius 2 is 1.83 bits per heavy atom. The van der Waals surface area contributed by atoms with Gasteiger partial charge in [0.2, 0.25) is 5.56 Å². The molecular weight excluding hydrogens is 378 g/mol. The van der Waals surface area contributed by atoms with Crippen LogP contribution in [-0.4, -0.2) is 36.6 Å². The lowest BCUT2D eigenvalue weighted by Gasteiger charge is -2.11. The first-order valence-electron chi connectivity index (χ1n) is 8.74.